The van der Waals surface area contributed by atoms with Crippen molar-refractivity contribution in [3.63, 3.8) is 0 Å². The van der Waals surface area contributed by atoms with E-state index in [2.05, 4.69) is 18.1 Å². The van der Waals surface area contributed by atoms with Crippen molar-refractivity contribution in [2.75, 3.05) is 6.61 Å². The molecular weight excluding hydrogens is 455 g/mol. The number of hydrogen-bond donors (Lipinski definition) is 6. The van der Waals surface area contributed by atoms with Crippen LogP contribution in [0.5, 0.6) is 0 Å². The summed E-state index contributed by atoms with van der Waals surface area (Å²) in [5, 5.41) is 9.89. The van der Waals surface area contributed by atoms with Crippen molar-refractivity contribution in [1.29, 1.82) is 0 Å². The Morgan fingerprint density at radius 3 is 2.39 bits per heavy atom. The van der Waals surface area contributed by atoms with Gasteiger partial charge in [0.25, 0.3) is 0 Å². The number of phosphoric ester groups is 1. The average Bonchev–Trinajstić information content (AvgIpc) is 2.82. The highest BCUT2D eigenvalue weighted by atomic mass is 31.3. The molecule has 0 aliphatic carbocycles. The summed E-state index contributed by atoms with van der Waals surface area (Å²) >= 11 is 0. The standard InChI is InChI=1S/C8H14N3O14P3/c12-4-1-6(11-3-9-7(13)10-8(11)14)23-5(4)2-22-27(18,19)25-28(20,21)24-26(15,16)17/h3-6,12H,1-2H2,(H,18,19)(H,20,21)(H,10,13,14)(H2,15,16,17)/t4-,5+,6+/m0/s1. The molecule has 17 nitrogen and oxygen atoms in total. The molecule has 1 aromatic rings. The van der Waals surface area contributed by atoms with Crippen molar-refractivity contribution >= 4 is 23.5 Å². The van der Waals surface area contributed by atoms with Gasteiger partial charge in [0.2, 0.25) is 0 Å². The Morgan fingerprint density at radius 1 is 1.18 bits per heavy atom. The maximum atomic E-state index is 11.7. The summed E-state index contributed by atoms with van der Waals surface area (Å²) in [6.07, 6.45) is -3.15. The Labute approximate surface area is 154 Å². The van der Waals surface area contributed by atoms with Gasteiger partial charge in [-0.2, -0.15) is 13.6 Å². The Balaban J connectivity index is 1.99. The lowest BCUT2D eigenvalue weighted by Gasteiger charge is -2.19. The molecular formula is C8H14N3O14P3. The second kappa shape index (κ2) is 8.36. The molecule has 2 unspecified atom stereocenters. The minimum absolute atomic E-state index is 0.210. The highest BCUT2D eigenvalue weighted by Gasteiger charge is 2.42. The third kappa shape index (κ3) is 6.77. The van der Waals surface area contributed by atoms with Gasteiger partial charge in [0.05, 0.1) is 12.7 Å². The summed E-state index contributed by atoms with van der Waals surface area (Å²) in [5.74, 6) is 0. The number of phosphoric acid groups is 3. The molecule has 0 aromatic carbocycles. The van der Waals surface area contributed by atoms with Gasteiger partial charge in [-0.05, 0) is 0 Å². The van der Waals surface area contributed by atoms with Crippen LogP contribution in [0.4, 0.5) is 0 Å². The summed E-state index contributed by atoms with van der Waals surface area (Å²) in [6.45, 7) is -0.896. The van der Waals surface area contributed by atoms with Crippen molar-refractivity contribution in [2.45, 2.75) is 24.9 Å². The molecule has 1 aliphatic heterocycles. The molecule has 0 radical (unpaired) electrons. The third-order valence-corrected chi connectivity index (χ3v) is 6.88. The average molecular weight is 469 g/mol. The van der Waals surface area contributed by atoms with Gasteiger partial charge >= 0.3 is 34.8 Å². The van der Waals surface area contributed by atoms with E-state index in [0.29, 0.717) is 0 Å². The Hall–Kier alpha value is -1.06. The van der Waals surface area contributed by atoms with Gasteiger partial charge in [0.15, 0.2) is 0 Å². The maximum Gasteiger partial charge on any atom is 0.490 e. The van der Waals surface area contributed by atoms with Gasteiger partial charge in [0.1, 0.15) is 18.7 Å². The van der Waals surface area contributed by atoms with Crippen LogP contribution in [-0.2, 0) is 31.6 Å². The van der Waals surface area contributed by atoms with Gasteiger partial charge in [0, 0.05) is 6.42 Å². The van der Waals surface area contributed by atoms with E-state index in [1.165, 1.54) is 0 Å². The molecule has 0 amide bonds. The molecule has 1 aromatic heterocycles. The molecule has 2 heterocycles. The van der Waals surface area contributed by atoms with E-state index in [1.54, 1.807) is 0 Å². The molecule has 0 saturated carbocycles. The number of aliphatic hydroxyl groups is 1. The lowest BCUT2D eigenvalue weighted by Crippen LogP contribution is -2.33. The van der Waals surface area contributed by atoms with Crippen LogP contribution in [0.2, 0.25) is 0 Å². The van der Waals surface area contributed by atoms with Crippen LogP contribution < -0.4 is 11.4 Å². The minimum atomic E-state index is -5.68. The van der Waals surface area contributed by atoms with E-state index in [9.17, 15) is 33.3 Å². The van der Waals surface area contributed by atoms with Crippen molar-refractivity contribution in [2.24, 2.45) is 0 Å². The predicted octanol–water partition coefficient (Wildman–Crippen LogP) is -2.08. The molecule has 28 heavy (non-hydrogen) atoms. The van der Waals surface area contributed by atoms with Gasteiger partial charge < -0.3 is 29.4 Å². The van der Waals surface area contributed by atoms with Crippen LogP contribution in [0.3, 0.4) is 0 Å². The van der Waals surface area contributed by atoms with Crippen LogP contribution >= 0.6 is 23.5 Å². The largest absolute Gasteiger partial charge is 0.490 e. The second-order valence-electron chi connectivity index (χ2n) is 5.21. The van der Waals surface area contributed by atoms with Gasteiger partial charge in [-0.15, -0.1) is 0 Å². The smallest absolute Gasteiger partial charge is 0.390 e. The van der Waals surface area contributed by atoms with Gasteiger partial charge in [-0.25, -0.2) is 23.3 Å². The number of ether oxygens (including phenoxy) is 1. The maximum absolute atomic E-state index is 11.7. The molecule has 1 aliphatic rings. The summed E-state index contributed by atoms with van der Waals surface area (Å²) in [6, 6.07) is 0. The highest BCUT2D eigenvalue weighted by Crippen LogP contribution is 2.66. The normalized spacial score (nSPS) is 27.2. The van der Waals surface area contributed by atoms with Crippen LogP contribution in [0.25, 0.3) is 0 Å². The van der Waals surface area contributed by atoms with Crippen LogP contribution in [0, 0.1) is 0 Å². The van der Waals surface area contributed by atoms with Crippen LogP contribution in [-0.4, -0.2) is 58.0 Å². The summed E-state index contributed by atoms with van der Waals surface area (Å²) in [7, 11) is -16.6. The molecule has 20 heteroatoms. The first-order valence-electron chi connectivity index (χ1n) is 6.97. The van der Waals surface area contributed by atoms with Crippen LogP contribution in [0.15, 0.2) is 15.9 Å². The zero-order valence-corrected chi connectivity index (χ0v) is 16.1. The summed E-state index contributed by atoms with van der Waals surface area (Å²) < 4.78 is 50.8. The number of rotatable bonds is 8. The van der Waals surface area contributed by atoms with E-state index in [-0.39, 0.29) is 6.42 Å². The summed E-state index contributed by atoms with van der Waals surface area (Å²) in [4.78, 5) is 63.0. The second-order valence-corrected chi connectivity index (χ2v) is 9.63. The van der Waals surface area contributed by atoms with Crippen molar-refractivity contribution in [1.82, 2.24) is 14.5 Å². The highest BCUT2D eigenvalue weighted by molar-refractivity contribution is 7.66. The Kier molecular flexibility index (Phi) is 6.93. The van der Waals surface area contributed by atoms with Crippen molar-refractivity contribution in [3.05, 3.63) is 27.3 Å². The molecule has 160 valence electrons. The third-order valence-electron chi connectivity index (χ3n) is 3.08. The van der Waals surface area contributed by atoms with Crippen molar-refractivity contribution < 1.29 is 56.3 Å². The fraction of sp³-hybridized carbons (Fsp3) is 0.625. The number of aromatic amines is 1. The number of H-pyrrole nitrogens is 1. The molecule has 1 fully saturated rings. The van der Waals surface area contributed by atoms with Gasteiger partial charge in [-0.1, -0.05) is 0 Å². The van der Waals surface area contributed by atoms with Gasteiger partial charge in [-0.3, -0.25) is 14.1 Å². The topological polar surface area (TPSA) is 257 Å². The Morgan fingerprint density at radius 2 is 1.82 bits per heavy atom. The molecule has 1 saturated heterocycles. The van der Waals surface area contributed by atoms with Crippen LogP contribution in [0.1, 0.15) is 12.6 Å². The molecule has 0 bridgehead atoms. The van der Waals surface area contributed by atoms with E-state index >= 15 is 0 Å². The molecule has 2 rings (SSSR count). The fourth-order valence-electron chi connectivity index (χ4n) is 2.07. The monoisotopic (exact) mass is 469 g/mol. The van der Waals surface area contributed by atoms with E-state index < -0.39 is 59.9 Å². The first-order valence-corrected chi connectivity index (χ1v) is 11.5. The minimum Gasteiger partial charge on any atom is -0.390 e. The van der Waals surface area contributed by atoms with E-state index in [1.807, 2.05) is 4.98 Å². The first-order chi connectivity index (χ1) is 12.7. The van der Waals surface area contributed by atoms with E-state index in [0.717, 1.165) is 10.9 Å². The number of aliphatic hydroxyl groups excluding tert-OH is 1. The number of nitrogens with one attached hydrogen (secondary N) is 1. The summed E-state index contributed by atoms with van der Waals surface area (Å²) in [5.41, 5.74) is -1.81. The van der Waals surface area contributed by atoms with Crippen molar-refractivity contribution in [3.8, 4) is 0 Å². The number of aromatic nitrogens is 3. The van der Waals surface area contributed by atoms with E-state index in [4.69, 9.17) is 19.4 Å². The predicted molar refractivity (Wildman–Crippen MR) is 83.5 cm³/mol. The lowest BCUT2D eigenvalue weighted by molar-refractivity contribution is -0.0453. The fourth-order valence-corrected chi connectivity index (χ4v) is 5.10. The number of nitrogens with zero attached hydrogens (tertiary/aromatic N) is 2. The first kappa shape index (κ1) is 23.2. The Bertz CT molecular complexity index is 967. The molecule has 5 atom stereocenters. The number of hydrogen-bond acceptors (Lipinski definition) is 11. The quantitative estimate of drug-likeness (QED) is 0.223. The zero-order valence-electron chi connectivity index (χ0n) is 13.4. The SMILES string of the molecule is O=c1ncn([C@H]2C[C@H](O)[C@@H](COP(=O)(O)OP(=O)(O)OP(=O)(O)O)O2)c(=O)[nH]1. The zero-order chi connectivity index (χ0) is 21.3. The lowest BCUT2D eigenvalue weighted by atomic mass is 10.2. The molecule has 0 spiro atoms. The molecule has 6 N–H and O–H groups in total.